The van der Waals surface area contributed by atoms with Crippen molar-refractivity contribution in [3.63, 3.8) is 0 Å². The first-order chi connectivity index (χ1) is 9.56. The van der Waals surface area contributed by atoms with Gasteiger partial charge in [-0.3, -0.25) is 9.59 Å². The maximum absolute atomic E-state index is 13.1. The first-order valence-electron chi connectivity index (χ1n) is 6.19. The number of halogens is 1. The van der Waals surface area contributed by atoms with Crippen LogP contribution in [0, 0.1) is 17.7 Å². The van der Waals surface area contributed by atoms with Crippen LogP contribution in [-0.4, -0.2) is 29.2 Å². The molecule has 1 amide bonds. The lowest BCUT2D eigenvalue weighted by molar-refractivity contribution is -0.145. The van der Waals surface area contributed by atoms with E-state index in [1.54, 1.807) is 18.2 Å². The minimum atomic E-state index is -1.07. The van der Waals surface area contributed by atoms with Gasteiger partial charge in [-0.1, -0.05) is 18.2 Å². The van der Waals surface area contributed by atoms with Gasteiger partial charge in [0.1, 0.15) is 11.7 Å². The molecule has 0 unspecified atom stereocenters. The van der Waals surface area contributed by atoms with E-state index in [9.17, 15) is 19.1 Å². The van der Waals surface area contributed by atoms with E-state index < -0.39 is 41.7 Å². The summed E-state index contributed by atoms with van der Waals surface area (Å²) in [6.07, 6.45) is 2.26. The normalized spacial score (nSPS) is 30.4. The zero-order valence-corrected chi connectivity index (χ0v) is 10.3. The van der Waals surface area contributed by atoms with E-state index in [1.807, 2.05) is 0 Å². The Balaban J connectivity index is 1.80. The molecule has 0 aromatic heterocycles. The minimum Gasteiger partial charge on any atom is -0.481 e. The zero-order chi connectivity index (χ0) is 14.3. The van der Waals surface area contributed by atoms with E-state index in [2.05, 4.69) is 5.32 Å². The molecule has 2 N–H and O–H groups in total. The van der Waals surface area contributed by atoms with Crippen molar-refractivity contribution in [3.05, 3.63) is 42.2 Å². The van der Waals surface area contributed by atoms with Gasteiger partial charge in [-0.15, -0.1) is 0 Å². The number of carboxylic acid groups (broad SMARTS) is 1. The number of fused-ring (bicyclic) bond motifs is 2. The SMILES string of the molecule is O=C(O)[C@@H]1[C@@H](C(=O)Nc2cccc(F)c2)[C@H]2C=C[C@H]1O2. The number of hydrogen-bond acceptors (Lipinski definition) is 3. The summed E-state index contributed by atoms with van der Waals surface area (Å²) >= 11 is 0. The standard InChI is InChI=1S/C14H12FNO4/c15-7-2-1-3-8(6-7)16-13(17)11-9-4-5-10(20-9)12(11)14(18)19/h1-6,9-12H,(H,16,17)(H,18,19)/t9-,10-,11+,12+/m1/s1. The zero-order valence-electron chi connectivity index (χ0n) is 10.3. The number of carbonyl (C=O) groups excluding carboxylic acids is 1. The summed E-state index contributed by atoms with van der Waals surface area (Å²) in [5, 5.41) is 11.7. The molecule has 1 aromatic carbocycles. The smallest absolute Gasteiger partial charge is 0.310 e. The van der Waals surface area contributed by atoms with Gasteiger partial charge in [0.2, 0.25) is 5.91 Å². The number of aliphatic carboxylic acids is 1. The third kappa shape index (κ3) is 2.08. The van der Waals surface area contributed by atoms with Crippen molar-refractivity contribution < 1.29 is 23.8 Å². The highest BCUT2D eigenvalue weighted by atomic mass is 19.1. The van der Waals surface area contributed by atoms with Gasteiger partial charge in [-0.05, 0) is 18.2 Å². The third-order valence-corrected chi connectivity index (χ3v) is 3.58. The van der Waals surface area contributed by atoms with Crippen molar-refractivity contribution in [1.82, 2.24) is 0 Å². The Morgan fingerprint density at radius 2 is 1.90 bits per heavy atom. The van der Waals surface area contributed by atoms with E-state index in [0.29, 0.717) is 5.69 Å². The second-order valence-corrected chi connectivity index (χ2v) is 4.84. The van der Waals surface area contributed by atoms with E-state index >= 15 is 0 Å². The minimum absolute atomic E-state index is 0.297. The van der Waals surface area contributed by atoms with Crippen molar-refractivity contribution in [2.75, 3.05) is 5.32 Å². The quantitative estimate of drug-likeness (QED) is 0.819. The van der Waals surface area contributed by atoms with Crippen LogP contribution in [0.3, 0.4) is 0 Å². The Morgan fingerprint density at radius 1 is 1.20 bits per heavy atom. The number of ether oxygens (including phenoxy) is 1. The van der Waals surface area contributed by atoms with Crippen molar-refractivity contribution in [2.45, 2.75) is 12.2 Å². The molecule has 0 saturated carbocycles. The van der Waals surface area contributed by atoms with Crippen LogP contribution in [0.15, 0.2) is 36.4 Å². The Kier molecular flexibility index (Phi) is 3.02. The van der Waals surface area contributed by atoms with Crippen LogP contribution < -0.4 is 5.32 Å². The van der Waals surface area contributed by atoms with Gasteiger partial charge in [0, 0.05) is 5.69 Å². The fourth-order valence-corrected chi connectivity index (χ4v) is 2.71. The van der Waals surface area contributed by atoms with Crippen LogP contribution in [0.2, 0.25) is 0 Å². The second-order valence-electron chi connectivity index (χ2n) is 4.84. The van der Waals surface area contributed by atoms with Crippen LogP contribution in [0.5, 0.6) is 0 Å². The van der Waals surface area contributed by atoms with Crippen molar-refractivity contribution in [3.8, 4) is 0 Å². The average molecular weight is 277 g/mol. The molecule has 0 radical (unpaired) electrons. The molecule has 0 aliphatic carbocycles. The maximum atomic E-state index is 13.1. The number of benzene rings is 1. The van der Waals surface area contributed by atoms with Crippen LogP contribution in [0.25, 0.3) is 0 Å². The highest BCUT2D eigenvalue weighted by molar-refractivity contribution is 5.96. The monoisotopic (exact) mass is 277 g/mol. The summed E-state index contributed by atoms with van der Waals surface area (Å²) in [6.45, 7) is 0. The molecule has 1 aromatic rings. The third-order valence-electron chi connectivity index (χ3n) is 3.58. The predicted molar refractivity (Wildman–Crippen MR) is 67.4 cm³/mol. The van der Waals surface area contributed by atoms with Crippen molar-refractivity contribution >= 4 is 17.6 Å². The van der Waals surface area contributed by atoms with Crippen LogP contribution in [0.1, 0.15) is 0 Å². The van der Waals surface area contributed by atoms with Gasteiger partial charge in [-0.2, -0.15) is 0 Å². The average Bonchev–Trinajstić information content (AvgIpc) is 2.98. The molecule has 1 fully saturated rings. The first-order valence-corrected chi connectivity index (χ1v) is 6.19. The Hall–Kier alpha value is -2.21. The number of rotatable bonds is 3. The highest BCUT2D eigenvalue weighted by Gasteiger charge is 2.53. The molecule has 0 spiro atoms. The first kappa shape index (κ1) is 12.8. The fraction of sp³-hybridized carbons (Fsp3) is 0.286. The Morgan fingerprint density at radius 3 is 2.55 bits per heavy atom. The summed E-state index contributed by atoms with van der Waals surface area (Å²) in [6, 6.07) is 5.45. The summed E-state index contributed by atoms with van der Waals surface area (Å²) in [5.41, 5.74) is 0.297. The summed E-state index contributed by atoms with van der Waals surface area (Å²) < 4.78 is 18.5. The van der Waals surface area contributed by atoms with Crippen molar-refractivity contribution in [2.24, 2.45) is 11.8 Å². The maximum Gasteiger partial charge on any atom is 0.310 e. The number of amides is 1. The molecular formula is C14H12FNO4. The highest BCUT2D eigenvalue weighted by Crippen LogP contribution is 2.39. The lowest BCUT2D eigenvalue weighted by Crippen LogP contribution is -2.39. The van der Waals surface area contributed by atoms with Crippen LogP contribution in [-0.2, 0) is 14.3 Å². The van der Waals surface area contributed by atoms with Gasteiger partial charge >= 0.3 is 5.97 Å². The fourth-order valence-electron chi connectivity index (χ4n) is 2.71. The number of nitrogens with one attached hydrogen (secondary N) is 1. The molecular weight excluding hydrogens is 265 g/mol. The molecule has 6 heteroatoms. The molecule has 2 aliphatic rings. The lowest BCUT2D eigenvalue weighted by atomic mass is 9.82. The number of carboxylic acids is 1. The van der Waals surface area contributed by atoms with Crippen LogP contribution >= 0.6 is 0 Å². The van der Waals surface area contributed by atoms with E-state index in [0.717, 1.165) is 0 Å². The molecule has 5 nitrogen and oxygen atoms in total. The van der Waals surface area contributed by atoms with Crippen molar-refractivity contribution in [1.29, 1.82) is 0 Å². The van der Waals surface area contributed by atoms with E-state index in [4.69, 9.17) is 4.74 Å². The molecule has 1 saturated heterocycles. The summed E-state index contributed by atoms with van der Waals surface area (Å²) in [4.78, 5) is 23.5. The van der Waals surface area contributed by atoms with E-state index in [1.165, 1.54) is 18.2 Å². The second kappa shape index (κ2) is 4.72. The summed E-state index contributed by atoms with van der Waals surface area (Å²) in [5.74, 6) is -3.72. The number of hydrogen-bond donors (Lipinski definition) is 2. The van der Waals surface area contributed by atoms with Gasteiger partial charge in [-0.25, -0.2) is 4.39 Å². The molecule has 2 heterocycles. The van der Waals surface area contributed by atoms with Crippen LogP contribution in [0.4, 0.5) is 10.1 Å². The molecule has 2 bridgehead atoms. The van der Waals surface area contributed by atoms with Gasteiger partial charge in [0.05, 0.1) is 18.1 Å². The molecule has 104 valence electrons. The topological polar surface area (TPSA) is 75.6 Å². The van der Waals surface area contributed by atoms with E-state index in [-0.39, 0.29) is 0 Å². The van der Waals surface area contributed by atoms with Gasteiger partial charge in [0.25, 0.3) is 0 Å². The Labute approximate surface area is 114 Å². The molecule has 20 heavy (non-hydrogen) atoms. The number of anilines is 1. The summed E-state index contributed by atoms with van der Waals surface area (Å²) in [7, 11) is 0. The van der Waals surface area contributed by atoms with Gasteiger partial charge < -0.3 is 15.2 Å². The number of carbonyl (C=O) groups is 2. The van der Waals surface area contributed by atoms with Gasteiger partial charge in [0.15, 0.2) is 0 Å². The Bertz CT molecular complexity index is 601. The largest absolute Gasteiger partial charge is 0.481 e. The molecule has 2 aliphatic heterocycles. The molecule has 4 atom stereocenters. The lowest BCUT2D eigenvalue weighted by Gasteiger charge is -2.20. The molecule has 3 rings (SSSR count). The predicted octanol–water partition coefficient (Wildman–Crippen LogP) is 1.42.